The zero-order valence-electron chi connectivity index (χ0n) is 16.0. The highest BCUT2D eigenvalue weighted by atomic mass is 19.4. The Morgan fingerprint density at radius 3 is 2.42 bits per heavy atom. The van der Waals surface area contributed by atoms with Gasteiger partial charge in [0.05, 0.1) is 17.5 Å². The summed E-state index contributed by atoms with van der Waals surface area (Å²) in [6.07, 6.45) is 0.206. The maximum atomic E-state index is 13.4. The van der Waals surface area contributed by atoms with Gasteiger partial charge in [-0.25, -0.2) is 19.9 Å². The van der Waals surface area contributed by atoms with Crippen LogP contribution in [0.2, 0.25) is 0 Å². The van der Waals surface area contributed by atoms with Gasteiger partial charge in [-0.05, 0) is 24.5 Å². The van der Waals surface area contributed by atoms with E-state index < -0.39 is 23.2 Å². The third-order valence-electron chi connectivity index (χ3n) is 4.38. The SMILES string of the molecule is Cc1ccc(C(O)(C(N)=O)C(F)(F)F)cc1-c1cnc(N)c(C#Cc2cncnc2)n1. The Kier molecular flexibility index (Phi) is 5.59. The van der Waals surface area contributed by atoms with Crippen molar-refractivity contribution < 1.29 is 23.1 Å². The number of carbonyl (C=O) groups excluding carboxylic acids is 1. The summed E-state index contributed by atoms with van der Waals surface area (Å²) in [4.78, 5) is 27.4. The molecular formula is C20H15F3N6O2. The first-order valence-electron chi connectivity index (χ1n) is 8.64. The first-order chi connectivity index (χ1) is 14.5. The van der Waals surface area contributed by atoms with Gasteiger partial charge >= 0.3 is 6.18 Å². The predicted molar refractivity (Wildman–Crippen MR) is 104 cm³/mol. The number of nitrogens with two attached hydrogens (primary N) is 2. The number of anilines is 1. The molecule has 0 fully saturated rings. The molecule has 158 valence electrons. The van der Waals surface area contributed by atoms with Crippen LogP contribution in [0, 0.1) is 18.8 Å². The fourth-order valence-corrected chi connectivity index (χ4v) is 2.68. The molecule has 2 heterocycles. The van der Waals surface area contributed by atoms with Crippen molar-refractivity contribution in [3.05, 3.63) is 65.5 Å². The lowest BCUT2D eigenvalue weighted by Crippen LogP contribution is -2.52. The molecule has 0 aliphatic heterocycles. The highest BCUT2D eigenvalue weighted by Gasteiger charge is 2.60. The van der Waals surface area contributed by atoms with Gasteiger partial charge in [-0.15, -0.1) is 0 Å². The number of aryl methyl sites for hydroxylation is 1. The predicted octanol–water partition coefficient (Wildman–Crippen LogP) is 1.46. The minimum Gasteiger partial charge on any atom is -0.381 e. The van der Waals surface area contributed by atoms with E-state index in [0.29, 0.717) is 11.1 Å². The van der Waals surface area contributed by atoms with E-state index in [2.05, 4.69) is 31.8 Å². The molecule has 0 radical (unpaired) electrons. The molecule has 0 aliphatic carbocycles. The van der Waals surface area contributed by atoms with Crippen molar-refractivity contribution in [2.45, 2.75) is 18.7 Å². The third kappa shape index (κ3) is 4.15. The molecule has 8 nitrogen and oxygen atoms in total. The molecule has 31 heavy (non-hydrogen) atoms. The number of amides is 1. The smallest absolute Gasteiger partial charge is 0.381 e. The lowest BCUT2D eigenvalue weighted by atomic mass is 9.89. The number of benzene rings is 1. The zero-order chi connectivity index (χ0) is 22.8. The maximum Gasteiger partial charge on any atom is 0.430 e. The summed E-state index contributed by atoms with van der Waals surface area (Å²) in [6.45, 7) is 1.61. The van der Waals surface area contributed by atoms with Gasteiger partial charge < -0.3 is 16.6 Å². The lowest BCUT2D eigenvalue weighted by molar-refractivity contribution is -0.255. The van der Waals surface area contributed by atoms with Crippen LogP contribution in [0.3, 0.4) is 0 Å². The molecule has 0 saturated heterocycles. The Bertz CT molecular complexity index is 1210. The average Bonchev–Trinajstić information content (AvgIpc) is 2.73. The van der Waals surface area contributed by atoms with E-state index in [1.165, 1.54) is 31.0 Å². The van der Waals surface area contributed by atoms with Crippen molar-refractivity contribution in [3.8, 4) is 23.1 Å². The van der Waals surface area contributed by atoms with Crippen LogP contribution in [-0.4, -0.2) is 37.1 Å². The van der Waals surface area contributed by atoms with Gasteiger partial charge in [0.25, 0.3) is 11.5 Å². The molecule has 3 aromatic rings. The monoisotopic (exact) mass is 428 g/mol. The van der Waals surface area contributed by atoms with E-state index in [1.807, 2.05) is 0 Å². The Hall–Kier alpha value is -4.04. The van der Waals surface area contributed by atoms with Crippen LogP contribution in [0.15, 0.2) is 43.1 Å². The molecule has 5 N–H and O–H groups in total. The van der Waals surface area contributed by atoms with E-state index in [9.17, 15) is 23.1 Å². The van der Waals surface area contributed by atoms with Crippen molar-refractivity contribution in [2.24, 2.45) is 5.73 Å². The molecule has 1 aromatic carbocycles. The maximum absolute atomic E-state index is 13.4. The van der Waals surface area contributed by atoms with Crippen molar-refractivity contribution in [1.82, 2.24) is 19.9 Å². The van der Waals surface area contributed by atoms with Crippen LogP contribution in [0.4, 0.5) is 19.0 Å². The average molecular weight is 428 g/mol. The number of aliphatic hydroxyl groups is 1. The number of carbonyl (C=O) groups is 1. The molecule has 3 rings (SSSR count). The normalized spacial score (nSPS) is 13.1. The number of hydrogen-bond acceptors (Lipinski definition) is 7. The van der Waals surface area contributed by atoms with E-state index in [4.69, 9.17) is 11.5 Å². The third-order valence-corrected chi connectivity index (χ3v) is 4.38. The second-order valence-electron chi connectivity index (χ2n) is 6.47. The minimum atomic E-state index is -5.33. The van der Waals surface area contributed by atoms with Gasteiger partial charge in [0.2, 0.25) is 0 Å². The standard InChI is InChI=1S/C20H15F3N6O2/c1-11-2-4-13(19(31,18(25)30)20(21,22)23)6-14(11)16-9-28-17(24)15(29-16)5-3-12-7-26-10-27-8-12/h2,4,6-10,31H,1H3,(H2,24,28)(H2,25,30). The van der Waals surface area contributed by atoms with Crippen molar-refractivity contribution in [2.75, 3.05) is 5.73 Å². The summed E-state index contributed by atoms with van der Waals surface area (Å²) in [5.74, 6) is 3.53. The summed E-state index contributed by atoms with van der Waals surface area (Å²) in [5, 5.41) is 10.1. The molecule has 0 spiro atoms. The topological polar surface area (TPSA) is 141 Å². The van der Waals surface area contributed by atoms with Crippen molar-refractivity contribution in [3.63, 3.8) is 0 Å². The van der Waals surface area contributed by atoms with Crippen LogP contribution in [0.5, 0.6) is 0 Å². The van der Waals surface area contributed by atoms with Crippen molar-refractivity contribution in [1.29, 1.82) is 0 Å². The number of halogens is 3. The highest BCUT2D eigenvalue weighted by molar-refractivity contribution is 5.86. The van der Waals surface area contributed by atoms with Gasteiger partial charge in [-0.2, -0.15) is 13.2 Å². The molecule has 0 aliphatic rings. The number of nitrogens with zero attached hydrogens (tertiary/aromatic N) is 4. The summed E-state index contributed by atoms with van der Waals surface area (Å²) in [6, 6.07) is 3.25. The fraction of sp³-hybridized carbons (Fsp3) is 0.150. The van der Waals surface area contributed by atoms with Crippen LogP contribution >= 0.6 is 0 Å². The molecule has 0 bridgehead atoms. The number of rotatable bonds is 3. The number of nitrogen functional groups attached to an aromatic ring is 1. The Balaban J connectivity index is 2.11. The first kappa shape index (κ1) is 21.7. The van der Waals surface area contributed by atoms with Gasteiger partial charge in [0.15, 0.2) is 11.5 Å². The Morgan fingerprint density at radius 2 is 1.81 bits per heavy atom. The Morgan fingerprint density at radius 1 is 1.13 bits per heavy atom. The Labute approximate surface area is 174 Å². The number of alkyl halides is 3. The van der Waals surface area contributed by atoms with Gasteiger partial charge in [-0.3, -0.25) is 4.79 Å². The number of primary amides is 1. The second kappa shape index (κ2) is 8.00. The quantitative estimate of drug-likeness (QED) is 0.536. The highest BCUT2D eigenvalue weighted by Crippen LogP contribution is 2.40. The van der Waals surface area contributed by atoms with E-state index in [-0.39, 0.29) is 22.8 Å². The summed E-state index contributed by atoms with van der Waals surface area (Å²) in [5.41, 5.74) is 7.45. The van der Waals surface area contributed by atoms with Gasteiger partial charge in [0.1, 0.15) is 6.33 Å². The molecule has 2 aromatic heterocycles. The largest absolute Gasteiger partial charge is 0.430 e. The molecular weight excluding hydrogens is 413 g/mol. The lowest BCUT2D eigenvalue weighted by Gasteiger charge is -2.28. The summed E-state index contributed by atoms with van der Waals surface area (Å²) >= 11 is 0. The molecule has 11 heteroatoms. The van der Waals surface area contributed by atoms with Gasteiger partial charge in [-0.1, -0.05) is 18.1 Å². The summed E-state index contributed by atoms with van der Waals surface area (Å²) < 4.78 is 40.3. The molecule has 1 atom stereocenters. The van der Waals surface area contributed by atoms with Crippen LogP contribution in [0.25, 0.3) is 11.3 Å². The number of aromatic nitrogens is 4. The minimum absolute atomic E-state index is 0.00541. The van der Waals surface area contributed by atoms with Gasteiger partial charge in [0, 0.05) is 23.5 Å². The summed E-state index contributed by atoms with van der Waals surface area (Å²) in [7, 11) is 0. The first-order valence-corrected chi connectivity index (χ1v) is 8.64. The molecule has 1 amide bonds. The molecule has 0 saturated carbocycles. The van der Waals surface area contributed by atoms with Crippen LogP contribution in [-0.2, 0) is 10.4 Å². The second-order valence-corrected chi connectivity index (χ2v) is 6.47. The molecule has 1 unspecified atom stereocenters. The van der Waals surface area contributed by atoms with Crippen LogP contribution in [0.1, 0.15) is 22.4 Å². The van der Waals surface area contributed by atoms with Crippen molar-refractivity contribution >= 4 is 11.7 Å². The number of hydrogen-bond donors (Lipinski definition) is 3. The van der Waals surface area contributed by atoms with E-state index in [0.717, 1.165) is 12.1 Å². The van der Waals surface area contributed by atoms with E-state index in [1.54, 1.807) is 6.92 Å². The zero-order valence-corrected chi connectivity index (χ0v) is 16.0. The fourth-order valence-electron chi connectivity index (χ4n) is 2.68. The van der Waals surface area contributed by atoms with Crippen LogP contribution < -0.4 is 11.5 Å². The van der Waals surface area contributed by atoms with E-state index >= 15 is 0 Å².